The van der Waals surface area contributed by atoms with Crippen molar-refractivity contribution in [3.8, 4) is 0 Å². The minimum Gasteiger partial charge on any atom is -0.381 e. The largest absolute Gasteiger partial charge is 0.381 e. The molecular formula is C19H25NO. The van der Waals surface area contributed by atoms with Gasteiger partial charge in [-0.3, -0.25) is 0 Å². The van der Waals surface area contributed by atoms with Gasteiger partial charge >= 0.3 is 0 Å². The van der Waals surface area contributed by atoms with Crippen molar-refractivity contribution >= 4 is 10.8 Å². The van der Waals surface area contributed by atoms with E-state index in [2.05, 4.69) is 54.7 Å². The average molecular weight is 283 g/mol. The van der Waals surface area contributed by atoms with Gasteiger partial charge in [0.2, 0.25) is 0 Å². The molecule has 1 saturated heterocycles. The average Bonchev–Trinajstić information content (AvgIpc) is 2.55. The molecule has 2 heteroatoms. The van der Waals surface area contributed by atoms with Gasteiger partial charge in [-0.15, -0.1) is 0 Å². The fourth-order valence-corrected chi connectivity index (χ4v) is 3.32. The van der Waals surface area contributed by atoms with Gasteiger partial charge in [0.15, 0.2) is 0 Å². The summed E-state index contributed by atoms with van der Waals surface area (Å²) in [6, 6.07) is 16.0. The van der Waals surface area contributed by atoms with Gasteiger partial charge < -0.3 is 10.1 Å². The van der Waals surface area contributed by atoms with E-state index in [1.54, 1.807) is 0 Å². The Morgan fingerprint density at radius 1 is 1.10 bits per heavy atom. The highest BCUT2D eigenvalue weighted by atomic mass is 16.5. The highest BCUT2D eigenvalue weighted by Gasteiger charge is 2.20. The molecule has 1 fully saturated rings. The van der Waals surface area contributed by atoms with Crippen LogP contribution < -0.4 is 5.32 Å². The minimum absolute atomic E-state index is 0.461. The Hall–Kier alpha value is -1.38. The van der Waals surface area contributed by atoms with Crippen molar-refractivity contribution in [2.45, 2.75) is 32.2 Å². The fraction of sp³-hybridized carbons (Fsp3) is 0.474. The number of nitrogens with one attached hydrogen (secondary N) is 1. The van der Waals surface area contributed by atoms with Gasteiger partial charge in [0, 0.05) is 19.3 Å². The lowest BCUT2D eigenvalue weighted by atomic mass is 9.89. The molecule has 1 atom stereocenters. The van der Waals surface area contributed by atoms with Crippen molar-refractivity contribution in [3.05, 3.63) is 48.0 Å². The van der Waals surface area contributed by atoms with Gasteiger partial charge in [-0.2, -0.15) is 0 Å². The lowest BCUT2D eigenvalue weighted by Crippen LogP contribution is -2.26. The lowest BCUT2D eigenvalue weighted by molar-refractivity contribution is 0.0606. The molecule has 0 saturated carbocycles. The quantitative estimate of drug-likeness (QED) is 0.883. The van der Waals surface area contributed by atoms with E-state index in [1.807, 2.05) is 0 Å². The predicted molar refractivity (Wildman–Crippen MR) is 88.5 cm³/mol. The van der Waals surface area contributed by atoms with Crippen LogP contribution in [0.5, 0.6) is 0 Å². The first-order valence-electron chi connectivity index (χ1n) is 8.16. The Morgan fingerprint density at radius 2 is 1.86 bits per heavy atom. The summed E-state index contributed by atoms with van der Waals surface area (Å²) in [5.41, 5.74) is 1.42. The van der Waals surface area contributed by atoms with Crippen LogP contribution in [0.4, 0.5) is 0 Å². The number of fused-ring (bicyclic) bond motifs is 1. The molecule has 1 heterocycles. The molecule has 1 aliphatic heterocycles. The van der Waals surface area contributed by atoms with Gasteiger partial charge in [0.1, 0.15) is 0 Å². The maximum atomic E-state index is 5.48. The summed E-state index contributed by atoms with van der Waals surface area (Å²) in [7, 11) is 0. The molecule has 0 spiro atoms. The highest BCUT2D eigenvalue weighted by molar-refractivity contribution is 5.83. The zero-order valence-electron chi connectivity index (χ0n) is 12.8. The van der Waals surface area contributed by atoms with E-state index in [0.29, 0.717) is 6.04 Å². The van der Waals surface area contributed by atoms with Crippen molar-refractivity contribution in [1.82, 2.24) is 5.32 Å². The summed E-state index contributed by atoms with van der Waals surface area (Å²) in [5.74, 6) is 0.786. The number of ether oxygens (including phenoxy) is 1. The van der Waals surface area contributed by atoms with E-state index >= 15 is 0 Å². The third-order valence-corrected chi connectivity index (χ3v) is 4.54. The molecule has 1 N–H and O–H groups in total. The van der Waals surface area contributed by atoms with Gasteiger partial charge in [-0.05, 0) is 54.1 Å². The molecule has 112 valence electrons. The van der Waals surface area contributed by atoms with Crippen molar-refractivity contribution < 1.29 is 4.74 Å². The molecule has 1 unspecified atom stereocenters. The van der Waals surface area contributed by atoms with E-state index in [0.717, 1.165) is 25.7 Å². The summed E-state index contributed by atoms with van der Waals surface area (Å²) < 4.78 is 5.48. The molecule has 0 aliphatic carbocycles. The molecule has 2 aromatic rings. The first-order valence-corrected chi connectivity index (χ1v) is 8.16. The van der Waals surface area contributed by atoms with E-state index in [-0.39, 0.29) is 0 Å². The van der Waals surface area contributed by atoms with Crippen LogP contribution in [0.3, 0.4) is 0 Å². The van der Waals surface area contributed by atoms with Crippen LogP contribution >= 0.6 is 0 Å². The van der Waals surface area contributed by atoms with Crippen molar-refractivity contribution in [3.63, 3.8) is 0 Å². The Kier molecular flexibility index (Phi) is 4.89. The second-order valence-electron chi connectivity index (χ2n) is 6.01. The maximum absolute atomic E-state index is 5.48. The third kappa shape index (κ3) is 3.63. The zero-order chi connectivity index (χ0) is 14.5. The Labute approximate surface area is 127 Å². The number of hydrogen-bond donors (Lipinski definition) is 1. The molecule has 0 radical (unpaired) electrons. The molecule has 0 bridgehead atoms. The molecule has 3 rings (SSSR count). The topological polar surface area (TPSA) is 21.3 Å². The lowest BCUT2D eigenvalue weighted by Gasteiger charge is -2.27. The van der Waals surface area contributed by atoms with Crippen LogP contribution in [0, 0.1) is 5.92 Å². The zero-order valence-corrected chi connectivity index (χ0v) is 12.8. The van der Waals surface area contributed by atoms with Crippen LogP contribution in [0.25, 0.3) is 10.8 Å². The smallest absolute Gasteiger partial charge is 0.0468 e. The summed E-state index contributed by atoms with van der Waals surface area (Å²) >= 11 is 0. The Bertz CT molecular complexity index is 575. The maximum Gasteiger partial charge on any atom is 0.0468 e. The third-order valence-electron chi connectivity index (χ3n) is 4.54. The van der Waals surface area contributed by atoms with Crippen LogP contribution in [-0.2, 0) is 4.74 Å². The Morgan fingerprint density at radius 3 is 2.62 bits per heavy atom. The number of hydrogen-bond acceptors (Lipinski definition) is 2. The van der Waals surface area contributed by atoms with Crippen LogP contribution in [0.1, 0.15) is 37.8 Å². The van der Waals surface area contributed by atoms with Crippen LogP contribution in [-0.4, -0.2) is 19.8 Å². The second kappa shape index (κ2) is 7.06. The van der Waals surface area contributed by atoms with Gasteiger partial charge in [-0.25, -0.2) is 0 Å². The molecule has 0 aromatic heterocycles. The summed E-state index contributed by atoms with van der Waals surface area (Å²) in [6.45, 7) is 5.07. The van der Waals surface area contributed by atoms with Gasteiger partial charge in [0.25, 0.3) is 0 Å². The van der Waals surface area contributed by atoms with Crippen LogP contribution in [0.2, 0.25) is 0 Å². The molecule has 1 aliphatic rings. The first-order chi connectivity index (χ1) is 10.4. The summed E-state index contributed by atoms with van der Waals surface area (Å²) in [5, 5.41) is 6.33. The normalized spacial score (nSPS) is 18.0. The van der Waals surface area contributed by atoms with E-state index in [9.17, 15) is 0 Å². The first kappa shape index (κ1) is 14.6. The van der Waals surface area contributed by atoms with Crippen molar-refractivity contribution in [1.29, 1.82) is 0 Å². The standard InChI is InChI=1S/C19H25NO/c1-2-20-19(13-15-9-11-21-12-10-15)18-8-7-16-5-3-4-6-17(16)14-18/h3-8,14-15,19-20H,2,9-13H2,1H3. The second-order valence-corrected chi connectivity index (χ2v) is 6.01. The molecule has 0 amide bonds. The predicted octanol–water partition coefficient (Wildman–Crippen LogP) is 4.31. The van der Waals surface area contributed by atoms with E-state index < -0.39 is 0 Å². The van der Waals surface area contributed by atoms with Crippen LogP contribution in [0.15, 0.2) is 42.5 Å². The molecule has 2 nitrogen and oxygen atoms in total. The molecule has 21 heavy (non-hydrogen) atoms. The fourth-order valence-electron chi connectivity index (χ4n) is 3.32. The Balaban J connectivity index is 1.80. The van der Waals surface area contributed by atoms with Crippen molar-refractivity contribution in [2.75, 3.05) is 19.8 Å². The van der Waals surface area contributed by atoms with E-state index in [1.165, 1.54) is 35.6 Å². The SMILES string of the molecule is CCNC(CC1CCOCC1)c1ccc2ccccc2c1. The highest BCUT2D eigenvalue weighted by Crippen LogP contribution is 2.29. The van der Waals surface area contributed by atoms with Crippen molar-refractivity contribution in [2.24, 2.45) is 5.92 Å². The monoisotopic (exact) mass is 283 g/mol. The molecule has 2 aromatic carbocycles. The number of benzene rings is 2. The number of rotatable bonds is 5. The molecular weight excluding hydrogens is 258 g/mol. The minimum atomic E-state index is 0.461. The van der Waals surface area contributed by atoms with Gasteiger partial charge in [0.05, 0.1) is 0 Å². The van der Waals surface area contributed by atoms with Gasteiger partial charge in [-0.1, -0.05) is 43.3 Å². The summed E-state index contributed by atoms with van der Waals surface area (Å²) in [6.07, 6.45) is 3.63. The summed E-state index contributed by atoms with van der Waals surface area (Å²) in [4.78, 5) is 0. The van der Waals surface area contributed by atoms with E-state index in [4.69, 9.17) is 4.74 Å².